The van der Waals surface area contributed by atoms with Crippen molar-refractivity contribution >= 4 is 40.1 Å². The molecule has 0 radical (unpaired) electrons. The number of phenolic OH excluding ortho intramolecular Hbond substituents is 1. The SMILES string of the molecule is C=CC[n+]1cccc2cccc(O)c21.COc1c(Cl)ccc(Cl)c1C(=O)[O-]. The third-order valence-corrected chi connectivity index (χ3v) is 4.28. The van der Waals surface area contributed by atoms with Crippen molar-refractivity contribution in [3.63, 3.8) is 0 Å². The standard InChI is InChI=1S/C12H11NO.C8H6Cl2O3/c1-2-8-13-9-4-6-10-5-3-7-11(14)12(10)13;1-13-7-5(10)3-2-4(9)6(7)8(11)12/h2-7,9H,1,8H2;2-3H,1H3,(H,11,12). The molecule has 1 aromatic heterocycles. The van der Waals surface area contributed by atoms with Crippen LogP contribution in [0.25, 0.3) is 10.9 Å². The van der Waals surface area contributed by atoms with Crippen molar-refractivity contribution < 1.29 is 24.3 Å². The van der Waals surface area contributed by atoms with Crippen molar-refractivity contribution in [2.45, 2.75) is 6.54 Å². The number of ether oxygens (including phenoxy) is 1. The van der Waals surface area contributed by atoms with Gasteiger partial charge in [-0.25, -0.2) is 0 Å². The topological polar surface area (TPSA) is 73.5 Å². The van der Waals surface area contributed by atoms with Crippen LogP contribution in [0.15, 0.2) is 61.3 Å². The van der Waals surface area contributed by atoms with Crippen LogP contribution in [-0.2, 0) is 6.54 Å². The second kappa shape index (κ2) is 9.26. The minimum Gasteiger partial charge on any atom is -0.545 e. The fourth-order valence-electron chi connectivity index (χ4n) is 2.54. The fourth-order valence-corrected chi connectivity index (χ4v) is 3.00. The van der Waals surface area contributed by atoms with Gasteiger partial charge >= 0.3 is 0 Å². The summed E-state index contributed by atoms with van der Waals surface area (Å²) in [6.45, 7) is 4.39. The highest BCUT2D eigenvalue weighted by atomic mass is 35.5. The number of hydrogen-bond acceptors (Lipinski definition) is 4. The molecular weight excluding hydrogens is 389 g/mol. The van der Waals surface area contributed by atoms with Gasteiger partial charge in [-0.2, -0.15) is 4.57 Å². The molecule has 1 N–H and O–H groups in total. The second-order valence-electron chi connectivity index (χ2n) is 5.39. The van der Waals surface area contributed by atoms with Crippen LogP contribution < -0.4 is 14.4 Å². The van der Waals surface area contributed by atoms with E-state index in [1.165, 1.54) is 19.2 Å². The predicted molar refractivity (Wildman–Crippen MR) is 103 cm³/mol. The van der Waals surface area contributed by atoms with Crippen molar-refractivity contribution in [3.8, 4) is 11.5 Å². The van der Waals surface area contributed by atoms with E-state index in [1.54, 1.807) is 6.07 Å². The molecular formula is C20H17Cl2NO4. The molecule has 3 rings (SSSR count). The van der Waals surface area contributed by atoms with E-state index in [-0.39, 0.29) is 21.4 Å². The Morgan fingerprint density at radius 1 is 1.22 bits per heavy atom. The minimum absolute atomic E-state index is 0.0224. The Kier molecular flexibility index (Phi) is 7.05. The number of nitrogens with zero attached hydrogens (tertiary/aromatic N) is 1. The zero-order valence-electron chi connectivity index (χ0n) is 14.5. The predicted octanol–water partition coefficient (Wildman–Crippen LogP) is 3.38. The summed E-state index contributed by atoms with van der Waals surface area (Å²) in [5, 5.41) is 21.6. The van der Waals surface area contributed by atoms with Crippen LogP contribution >= 0.6 is 23.2 Å². The molecule has 140 valence electrons. The number of phenols is 1. The molecule has 0 fully saturated rings. The van der Waals surface area contributed by atoms with Crippen LogP contribution in [0.5, 0.6) is 11.5 Å². The second-order valence-corrected chi connectivity index (χ2v) is 6.20. The molecule has 5 nitrogen and oxygen atoms in total. The van der Waals surface area contributed by atoms with E-state index in [4.69, 9.17) is 27.9 Å². The molecule has 3 aromatic rings. The number of aromatic carboxylic acids is 1. The minimum atomic E-state index is -1.41. The van der Waals surface area contributed by atoms with Gasteiger partial charge in [0.2, 0.25) is 0 Å². The summed E-state index contributed by atoms with van der Waals surface area (Å²) >= 11 is 11.3. The number of methoxy groups -OCH3 is 1. The maximum Gasteiger partial charge on any atom is 0.254 e. The molecule has 0 aliphatic heterocycles. The number of hydrogen-bond donors (Lipinski definition) is 1. The van der Waals surface area contributed by atoms with Crippen LogP contribution in [0.1, 0.15) is 10.4 Å². The molecule has 0 saturated carbocycles. The first kappa shape index (κ1) is 20.6. The number of carbonyl (C=O) groups excluding carboxylic acids is 1. The largest absolute Gasteiger partial charge is 0.545 e. The summed E-state index contributed by atoms with van der Waals surface area (Å²) in [7, 11) is 1.31. The summed E-state index contributed by atoms with van der Waals surface area (Å²) in [4.78, 5) is 10.6. The van der Waals surface area contributed by atoms with Crippen molar-refractivity contribution in [1.29, 1.82) is 0 Å². The first-order valence-corrected chi connectivity index (χ1v) is 8.60. The third kappa shape index (κ3) is 4.70. The molecule has 0 unspecified atom stereocenters. The molecule has 1 heterocycles. The van der Waals surface area contributed by atoms with Gasteiger partial charge in [-0.1, -0.05) is 35.8 Å². The van der Waals surface area contributed by atoms with E-state index in [9.17, 15) is 15.0 Å². The Hall–Kier alpha value is -2.76. The van der Waals surface area contributed by atoms with Gasteiger partial charge in [-0.15, -0.1) is 0 Å². The van der Waals surface area contributed by atoms with E-state index in [0.717, 1.165) is 10.9 Å². The number of para-hydroxylation sites is 1. The molecule has 0 saturated heterocycles. The maximum absolute atomic E-state index is 10.6. The van der Waals surface area contributed by atoms with Gasteiger partial charge in [0.15, 0.2) is 18.5 Å². The van der Waals surface area contributed by atoms with Crippen LogP contribution in [0.3, 0.4) is 0 Å². The summed E-state index contributed by atoms with van der Waals surface area (Å²) in [6, 6.07) is 12.3. The van der Waals surface area contributed by atoms with E-state index in [1.807, 2.05) is 41.1 Å². The number of carboxylic acid groups (broad SMARTS) is 1. The number of carboxylic acids is 1. The average molecular weight is 406 g/mol. The first-order chi connectivity index (χ1) is 12.9. The molecule has 0 aliphatic carbocycles. The number of fused-ring (bicyclic) bond motifs is 1. The highest BCUT2D eigenvalue weighted by molar-refractivity contribution is 6.36. The fraction of sp³-hybridized carbons (Fsp3) is 0.100. The van der Waals surface area contributed by atoms with Crippen LogP contribution in [0, 0.1) is 0 Å². The summed E-state index contributed by atoms with van der Waals surface area (Å²) < 4.78 is 6.75. The van der Waals surface area contributed by atoms with Crippen LogP contribution in [0.2, 0.25) is 10.0 Å². The highest BCUT2D eigenvalue weighted by Gasteiger charge is 2.12. The molecule has 0 aliphatic rings. The number of halogens is 2. The number of pyridine rings is 1. The molecule has 2 aromatic carbocycles. The van der Waals surface area contributed by atoms with Gasteiger partial charge < -0.3 is 19.7 Å². The Morgan fingerprint density at radius 3 is 2.48 bits per heavy atom. The number of allylic oxidation sites excluding steroid dienone is 1. The molecule has 0 bridgehead atoms. The van der Waals surface area contributed by atoms with Crippen molar-refractivity contribution in [2.24, 2.45) is 0 Å². The van der Waals surface area contributed by atoms with Crippen molar-refractivity contribution in [1.82, 2.24) is 0 Å². The lowest BCUT2D eigenvalue weighted by atomic mass is 10.2. The van der Waals surface area contributed by atoms with Gasteiger partial charge in [0.1, 0.15) is 5.75 Å². The zero-order valence-corrected chi connectivity index (χ0v) is 16.0. The van der Waals surface area contributed by atoms with Crippen molar-refractivity contribution in [3.05, 3.63) is 76.9 Å². The van der Waals surface area contributed by atoms with Gasteiger partial charge in [0.05, 0.1) is 34.1 Å². The molecule has 0 amide bonds. The lowest BCUT2D eigenvalue weighted by Crippen LogP contribution is -2.32. The van der Waals surface area contributed by atoms with Gasteiger partial charge in [-0.05, 0) is 36.4 Å². The third-order valence-electron chi connectivity index (χ3n) is 3.67. The number of aromatic hydroxyl groups is 1. The Bertz CT molecular complexity index is 984. The van der Waals surface area contributed by atoms with Gasteiger partial charge in [-0.3, -0.25) is 0 Å². The smallest absolute Gasteiger partial charge is 0.254 e. The maximum atomic E-state index is 10.6. The molecule has 0 spiro atoms. The zero-order chi connectivity index (χ0) is 20.0. The Morgan fingerprint density at radius 2 is 1.89 bits per heavy atom. The molecule has 27 heavy (non-hydrogen) atoms. The van der Waals surface area contributed by atoms with E-state index < -0.39 is 5.97 Å². The quantitative estimate of drug-likeness (QED) is 0.533. The van der Waals surface area contributed by atoms with E-state index in [0.29, 0.717) is 12.3 Å². The Balaban J connectivity index is 0.000000194. The first-order valence-electron chi connectivity index (χ1n) is 7.85. The van der Waals surface area contributed by atoms with Crippen LogP contribution in [0.4, 0.5) is 0 Å². The highest BCUT2D eigenvalue weighted by Crippen LogP contribution is 2.33. The Labute approximate surface area is 166 Å². The summed E-state index contributed by atoms with van der Waals surface area (Å²) in [5.41, 5.74) is 0.631. The van der Waals surface area contributed by atoms with Crippen molar-refractivity contribution in [2.75, 3.05) is 7.11 Å². The number of aromatic nitrogens is 1. The number of benzene rings is 2. The normalized spacial score (nSPS) is 10.0. The van der Waals surface area contributed by atoms with Gasteiger partial charge in [0.25, 0.3) is 5.52 Å². The monoisotopic (exact) mass is 405 g/mol. The lowest BCUT2D eigenvalue weighted by Gasteiger charge is -2.12. The molecule has 0 atom stereocenters. The molecule has 7 heteroatoms. The van der Waals surface area contributed by atoms with Crippen LogP contribution in [-0.4, -0.2) is 18.2 Å². The summed E-state index contributed by atoms with van der Waals surface area (Å²) in [6.07, 6.45) is 3.75. The van der Waals surface area contributed by atoms with E-state index >= 15 is 0 Å². The average Bonchev–Trinajstić information content (AvgIpc) is 2.64. The summed E-state index contributed by atoms with van der Waals surface area (Å²) in [5.74, 6) is -1.08. The number of carbonyl (C=O) groups is 1. The number of rotatable bonds is 4. The lowest BCUT2D eigenvalue weighted by molar-refractivity contribution is -0.661. The van der Waals surface area contributed by atoms with Gasteiger partial charge in [0, 0.05) is 6.07 Å². The van der Waals surface area contributed by atoms with E-state index in [2.05, 4.69) is 6.58 Å².